The van der Waals surface area contributed by atoms with Crippen LogP contribution in [0.15, 0.2) is 24.3 Å². The monoisotopic (exact) mass is 361 g/mol. The van der Waals surface area contributed by atoms with E-state index in [1.807, 2.05) is 24.3 Å². The summed E-state index contributed by atoms with van der Waals surface area (Å²) in [7, 11) is -7.14. The largest absolute Gasteiger partial charge is 0.227 e. The number of rotatable bonds is 5. The van der Waals surface area contributed by atoms with Crippen LogP contribution in [0, 0.1) is 0 Å². The Morgan fingerprint density at radius 3 is 1.61 bits per heavy atom. The molecule has 0 radical (unpaired) electrons. The van der Waals surface area contributed by atoms with Crippen molar-refractivity contribution in [3.05, 3.63) is 24.3 Å². The van der Waals surface area contributed by atoms with Gasteiger partial charge >= 0.3 is 0 Å². The van der Waals surface area contributed by atoms with Crippen molar-refractivity contribution in [2.75, 3.05) is 11.5 Å². The van der Waals surface area contributed by atoms with Crippen molar-refractivity contribution in [2.24, 2.45) is 0 Å². The number of aromatic amines is 1. The Morgan fingerprint density at radius 2 is 1.30 bits per heavy atom. The molecule has 1 aromatic carbocycles. The average molecular weight is 361 g/mol. The van der Waals surface area contributed by atoms with Gasteiger partial charge < -0.3 is 0 Å². The third-order valence-corrected chi connectivity index (χ3v) is 10.2. The minimum Gasteiger partial charge on any atom is -0.227 e. The lowest BCUT2D eigenvalue weighted by Crippen LogP contribution is -2.44. The first-order valence-electron chi connectivity index (χ1n) is 7.35. The van der Waals surface area contributed by atoms with Crippen LogP contribution in [-0.4, -0.2) is 47.8 Å². The highest BCUT2D eigenvalue weighted by molar-refractivity contribution is 8.10. The normalized spacial score (nSPS) is 12.7. The maximum absolute atomic E-state index is 11.7. The van der Waals surface area contributed by atoms with Gasteiger partial charge in [-0.1, -0.05) is 32.9 Å². The van der Waals surface area contributed by atoms with Crippen LogP contribution in [0.25, 0.3) is 11.0 Å². The molecular weight excluding hydrogens is 338 g/mol. The first kappa shape index (κ1) is 19.6. The van der Waals surface area contributed by atoms with Crippen LogP contribution in [0.1, 0.15) is 34.1 Å². The Balaban J connectivity index is 0.000000248. The molecule has 0 spiro atoms. The van der Waals surface area contributed by atoms with Gasteiger partial charge in [-0.3, -0.25) is 0 Å². The molecule has 130 valence electrons. The van der Waals surface area contributed by atoms with Crippen LogP contribution in [0.3, 0.4) is 0 Å². The van der Waals surface area contributed by atoms with Crippen molar-refractivity contribution in [3.8, 4) is 0 Å². The van der Waals surface area contributed by atoms with Crippen LogP contribution in [0.4, 0.5) is 0 Å². The second-order valence-corrected chi connectivity index (χ2v) is 10.8. The molecule has 0 unspecified atom stereocenters. The van der Waals surface area contributed by atoms with Crippen LogP contribution in [0.2, 0.25) is 0 Å². The molecule has 23 heavy (non-hydrogen) atoms. The van der Waals surface area contributed by atoms with E-state index in [2.05, 4.69) is 15.4 Å². The molecule has 0 fully saturated rings. The first-order valence-corrected chi connectivity index (χ1v) is 10.7. The van der Waals surface area contributed by atoms with Gasteiger partial charge in [0.2, 0.25) is 0 Å². The first-order chi connectivity index (χ1) is 10.6. The van der Waals surface area contributed by atoms with Gasteiger partial charge in [0.1, 0.15) is 11.0 Å². The van der Waals surface area contributed by atoms with Gasteiger partial charge in [0.25, 0.3) is 0 Å². The Morgan fingerprint density at radius 1 is 0.913 bits per heavy atom. The fraction of sp³-hybridized carbons (Fsp3) is 0.571. The van der Waals surface area contributed by atoms with Crippen LogP contribution >= 0.6 is 0 Å². The zero-order valence-corrected chi connectivity index (χ0v) is 15.4. The van der Waals surface area contributed by atoms with Crippen LogP contribution in [-0.2, 0) is 19.7 Å². The molecule has 9 heteroatoms. The van der Waals surface area contributed by atoms with Gasteiger partial charge in [0, 0.05) is 11.5 Å². The molecule has 0 saturated carbocycles. The fourth-order valence-corrected chi connectivity index (χ4v) is 6.39. The van der Waals surface area contributed by atoms with Crippen molar-refractivity contribution in [3.63, 3.8) is 0 Å². The molecule has 0 aliphatic rings. The van der Waals surface area contributed by atoms with Gasteiger partial charge in [0.05, 0.1) is 0 Å². The smallest absolute Gasteiger partial charge is 0.170 e. The molecule has 1 heterocycles. The molecule has 0 amide bonds. The lowest BCUT2D eigenvalue weighted by molar-refractivity contribution is 0.543. The van der Waals surface area contributed by atoms with E-state index in [9.17, 15) is 16.8 Å². The summed E-state index contributed by atoms with van der Waals surface area (Å²) in [6.45, 7) is 5.81. The van der Waals surface area contributed by atoms with Crippen molar-refractivity contribution in [1.29, 1.82) is 0 Å². The maximum atomic E-state index is 11.7. The number of nitrogens with zero attached hydrogens (tertiary/aromatic N) is 2. The van der Waals surface area contributed by atoms with E-state index in [4.69, 9.17) is 0 Å². The highest BCUT2D eigenvalue weighted by atomic mass is 32.3. The number of nitrogens with one attached hydrogen (secondary N) is 1. The molecular formula is C14H23N3O4S2. The lowest BCUT2D eigenvalue weighted by atomic mass is 10.3. The molecule has 2 aromatic rings. The molecule has 0 aliphatic carbocycles. The molecule has 1 aromatic heterocycles. The summed E-state index contributed by atoms with van der Waals surface area (Å²) in [5.41, 5.74) is 1.83. The Labute approximate surface area is 137 Å². The highest BCUT2D eigenvalue weighted by Gasteiger charge is 2.47. The predicted molar refractivity (Wildman–Crippen MR) is 91.5 cm³/mol. The number of hydrogen-bond donors (Lipinski definition) is 1. The Kier molecular flexibility index (Phi) is 6.29. The second kappa shape index (κ2) is 7.39. The van der Waals surface area contributed by atoms with Crippen molar-refractivity contribution in [2.45, 2.75) is 38.2 Å². The number of sulfone groups is 2. The lowest BCUT2D eigenvalue weighted by Gasteiger charge is -2.26. The highest BCUT2D eigenvalue weighted by Crippen LogP contribution is 2.29. The number of para-hydroxylation sites is 2. The van der Waals surface area contributed by atoms with Crippen molar-refractivity contribution < 1.29 is 16.8 Å². The molecule has 0 atom stereocenters. The molecule has 0 aliphatic heterocycles. The number of hydrogen-bond acceptors (Lipinski definition) is 6. The number of fused-ring (bicyclic) bond motifs is 1. The van der Waals surface area contributed by atoms with Crippen molar-refractivity contribution in [1.82, 2.24) is 15.4 Å². The summed E-state index contributed by atoms with van der Waals surface area (Å²) in [5, 5.41) is 10.3. The van der Waals surface area contributed by atoms with E-state index in [1.165, 1.54) is 20.8 Å². The number of benzene rings is 1. The number of H-pyrrole nitrogens is 1. The van der Waals surface area contributed by atoms with E-state index in [-0.39, 0.29) is 17.9 Å². The summed E-state index contributed by atoms with van der Waals surface area (Å²) in [6, 6.07) is 7.70. The van der Waals surface area contributed by atoms with Crippen molar-refractivity contribution >= 4 is 30.7 Å². The fourth-order valence-electron chi connectivity index (χ4n) is 2.03. The van der Waals surface area contributed by atoms with E-state index < -0.39 is 23.8 Å². The van der Waals surface area contributed by atoms with E-state index >= 15 is 0 Å². The predicted octanol–water partition coefficient (Wildman–Crippen LogP) is 1.94. The third kappa shape index (κ3) is 3.89. The number of aromatic nitrogens is 3. The zero-order chi connectivity index (χ0) is 17.7. The molecule has 0 saturated heterocycles. The van der Waals surface area contributed by atoms with E-state index in [1.54, 1.807) is 6.92 Å². The summed E-state index contributed by atoms with van der Waals surface area (Å²) >= 11 is 0. The SMILES string of the molecule is CCC(C)(S(=O)(=O)CC)S(=O)(=O)CC.c1ccc2n[nH]nc2c1. The third-order valence-electron chi connectivity index (χ3n) is 3.94. The zero-order valence-electron chi connectivity index (χ0n) is 13.8. The Hall–Kier alpha value is -1.48. The van der Waals surface area contributed by atoms with Gasteiger partial charge in [-0.25, -0.2) is 16.8 Å². The molecule has 1 N–H and O–H groups in total. The molecule has 7 nitrogen and oxygen atoms in total. The molecule has 2 rings (SSSR count). The van der Waals surface area contributed by atoms with E-state index in [0.29, 0.717) is 0 Å². The van der Waals surface area contributed by atoms with Gasteiger partial charge in [-0.15, -0.1) is 0 Å². The standard InChI is InChI=1S/C8H18O4S2.C6H5N3/c1-5-8(4,13(9,10)6-2)14(11,12)7-3;1-2-4-6-5(3-1)7-9-8-6/h5-7H2,1-4H3;1-4H,(H,7,8,9). The second-order valence-electron chi connectivity index (χ2n) is 5.11. The maximum Gasteiger partial charge on any atom is 0.170 e. The summed E-state index contributed by atoms with van der Waals surface area (Å²) in [6.07, 6.45) is 0.0966. The van der Waals surface area contributed by atoms with E-state index in [0.717, 1.165) is 11.0 Å². The minimum absolute atomic E-state index is 0.0966. The van der Waals surface area contributed by atoms with Gasteiger partial charge in [-0.2, -0.15) is 15.4 Å². The average Bonchev–Trinajstić information content (AvgIpc) is 3.02. The van der Waals surface area contributed by atoms with Gasteiger partial charge in [-0.05, 0) is 25.5 Å². The summed E-state index contributed by atoms with van der Waals surface area (Å²) in [4.78, 5) is 0. The van der Waals surface area contributed by atoms with Crippen LogP contribution < -0.4 is 0 Å². The summed E-state index contributed by atoms with van der Waals surface area (Å²) < 4.78 is 45.1. The van der Waals surface area contributed by atoms with Gasteiger partial charge in [0.15, 0.2) is 23.8 Å². The Bertz CT molecular complexity index is 778. The van der Waals surface area contributed by atoms with Crippen LogP contribution in [0.5, 0.6) is 0 Å². The summed E-state index contributed by atoms with van der Waals surface area (Å²) in [5.74, 6) is -0.285. The minimum atomic E-state index is -3.57. The topological polar surface area (TPSA) is 110 Å². The quantitative estimate of drug-likeness (QED) is 0.871. The molecule has 0 bridgehead atoms.